The molecule has 2 heterocycles. The van der Waals surface area contributed by atoms with E-state index in [-0.39, 0.29) is 0 Å². The topological polar surface area (TPSA) is 41.6 Å². The molecule has 0 saturated carbocycles. The third kappa shape index (κ3) is 4.61. The van der Waals surface area contributed by atoms with E-state index in [4.69, 9.17) is 8.83 Å². The molecular weight excluding hydrogens is 601 g/mol. The van der Waals surface area contributed by atoms with E-state index in [9.17, 15) is 0 Å². The van der Waals surface area contributed by atoms with E-state index in [1.54, 1.807) is 0 Å². The van der Waals surface area contributed by atoms with Crippen molar-refractivity contribution < 1.29 is 8.83 Å². The predicted molar refractivity (Wildman–Crippen MR) is 205 cm³/mol. The number of aryl methyl sites for hydroxylation is 1. The number of hydrogen-bond donors (Lipinski definition) is 1. The molecule has 0 aliphatic heterocycles. The Hall–Kier alpha value is -6.52. The third-order valence-electron chi connectivity index (χ3n) is 9.65. The average Bonchev–Trinajstić information content (AvgIpc) is 3.66. The number of benzene rings is 8. The molecule has 0 bridgehead atoms. The van der Waals surface area contributed by atoms with Crippen LogP contribution in [0.1, 0.15) is 5.56 Å². The number of furan rings is 2. The van der Waals surface area contributed by atoms with E-state index in [1.807, 2.05) is 18.2 Å². The normalized spacial score (nSPS) is 11.8. The number of rotatable bonds is 5. The molecule has 1 N–H and O–H groups in total. The van der Waals surface area contributed by atoms with Gasteiger partial charge in [0.05, 0.1) is 0 Å². The van der Waals surface area contributed by atoms with Gasteiger partial charge in [-0.3, -0.25) is 0 Å². The van der Waals surface area contributed by atoms with E-state index in [0.717, 1.165) is 93.9 Å². The number of para-hydroxylation sites is 3. The highest BCUT2D eigenvalue weighted by molar-refractivity contribution is 6.18. The van der Waals surface area contributed by atoms with Crippen molar-refractivity contribution in [2.75, 3.05) is 10.2 Å². The van der Waals surface area contributed by atoms with Gasteiger partial charge in [-0.15, -0.1) is 0 Å². The number of hydrogen-bond acceptors (Lipinski definition) is 4. The minimum atomic E-state index is 0.856. The molecule has 49 heavy (non-hydrogen) atoms. The van der Waals surface area contributed by atoms with E-state index in [2.05, 4.69) is 157 Å². The lowest BCUT2D eigenvalue weighted by atomic mass is 10.0. The molecule has 10 aromatic rings. The van der Waals surface area contributed by atoms with E-state index in [0.29, 0.717) is 0 Å². The molecule has 0 aliphatic carbocycles. The van der Waals surface area contributed by atoms with Gasteiger partial charge in [-0.05, 0) is 125 Å². The van der Waals surface area contributed by atoms with Crippen LogP contribution in [0.3, 0.4) is 0 Å². The molecule has 0 unspecified atom stereocenters. The maximum Gasteiger partial charge on any atom is 0.136 e. The largest absolute Gasteiger partial charge is 0.456 e. The summed E-state index contributed by atoms with van der Waals surface area (Å²) >= 11 is 0. The molecule has 10 rings (SSSR count). The molecule has 0 radical (unpaired) electrons. The first-order valence-corrected chi connectivity index (χ1v) is 16.6. The summed E-state index contributed by atoms with van der Waals surface area (Å²) in [6, 6.07) is 55.5. The molecule has 0 amide bonds. The Morgan fingerprint density at radius 2 is 0.959 bits per heavy atom. The Labute approximate surface area is 282 Å². The van der Waals surface area contributed by atoms with Crippen molar-refractivity contribution >= 4 is 93.9 Å². The van der Waals surface area contributed by atoms with Crippen LogP contribution in [0.5, 0.6) is 0 Å². The fourth-order valence-corrected chi connectivity index (χ4v) is 7.24. The Morgan fingerprint density at radius 1 is 0.408 bits per heavy atom. The molecule has 0 fully saturated rings. The summed E-state index contributed by atoms with van der Waals surface area (Å²) in [7, 11) is 0. The second-order valence-corrected chi connectivity index (χ2v) is 12.8. The Morgan fingerprint density at radius 3 is 1.63 bits per heavy atom. The fraction of sp³-hybridized carbons (Fsp3) is 0.0222. The maximum atomic E-state index is 6.57. The average molecular weight is 631 g/mol. The Bertz CT molecular complexity index is 2870. The molecule has 8 aromatic carbocycles. The number of nitrogens with zero attached hydrogens (tertiary/aromatic N) is 1. The van der Waals surface area contributed by atoms with Gasteiger partial charge in [0.15, 0.2) is 0 Å². The minimum absolute atomic E-state index is 0.856. The fourth-order valence-electron chi connectivity index (χ4n) is 7.24. The minimum Gasteiger partial charge on any atom is -0.456 e. The summed E-state index contributed by atoms with van der Waals surface area (Å²) in [4.78, 5) is 2.32. The van der Waals surface area contributed by atoms with Gasteiger partial charge in [-0.25, -0.2) is 0 Å². The standard InChI is InChI=1S/C45H30N2O2/c1-28-10-8-9-15-41(28)47(35-13-6-3-7-14-35)36-19-17-30-23-38-40-27-44-39(26-45(40)49-43(38)25-32(30)21-36)37-22-29-16-18-34(20-31(29)24-42(37)48-44)46-33-11-4-2-5-12-33/h2-27,46H,1H3. The zero-order chi connectivity index (χ0) is 32.5. The van der Waals surface area contributed by atoms with Gasteiger partial charge in [0.25, 0.3) is 0 Å². The van der Waals surface area contributed by atoms with Crippen LogP contribution >= 0.6 is 0 Å². The Balaban J connectivity index is 1.08. The second-order valence-electron chi connectivity index (χ2n) is 12.8. The van der Waals surface area contributed by atoms with Gasteiger partial charge in [0.2, 0.25) is 0 Å². The SMILES string of the molecule is Cc1ccccc1N(c1ccccc1)c1ccc2cc3c(cc2c1)oc1cc2c(cc13)oc1cc3cc(Nc4ccccc4)ccc3cc12. The van der Waals surface area contributed by atoms with Crippen LogP contribution < -0.4 is 10.2 Å². The smallest absolute Gasteiger partial charge is 0.136 e. The van der Waals surface area contributed by atoms with Crippen LogP contribution in [0.15, 0.2) is 167 Å². The summed E-state index contributed by atoms with van der Waals surface area (Å²) in [5.74, 6) is 0. The van der Waals surface area contributed by atoms with Crippen molar-refractivity contribution in [2.24, 2.45) is 0 Å². The number of anilines is 5. The first-order chi connectivity index (χ1) is 24.1. The van der Waals surface area contributed by atoms with Gasteiger partial charge < -0.3 is 19.1 Å². The quantitative estimate of drug-likeness (QED) is 0.205. The lowest BCUT2D eigenvalue weighted by Gasteiger charge is -2.27. The van der Waals surface area contributed by atoms with Gasteiger partial charge in [-0.1, -0.05) is 66.7 Å². The van der Waals surface area contributed by atoms with E-state index in [1.165, 1.54) is 5.56 Å². The van der Waals surface area contributed by atoms with Crippen LogP contribution in [0.2, 0.25) is 0 Å². The molecule has 4 nitrogen and oxygen atoms in total. The second kappa shape index (κ2) is 10.8. The van der Waals surface area contributed by atoms with E-state index < -0.39 is 0 Å². The molecule has 2 aromatic heterocycles. The molecule has 0 saturated heterocycles. The van der Waals surface area contributed by atoms with Crippen LogP contribution in [-0.4, -0.2) is 0 Å². The number of fused-ring (bicyclic) bond motifs is 8. The zero-order valence-electron chi connectivity index (χ0n) is 26.8. The van der Waals surface area contributed by atoms with Crippen LogP contribution in [-0.2, 0) is 0 Å². The van der Waals surface area contributed by atoms with Crippen LogP contribution in [0.25, 0.3) is 65.4 Å². The lowest BCUT2D eigenvalue weighted by Crippen LogP contribution is -2.11. The van der Waals surface area contributed by atoms with Crippen LogP contribution in [0, 0.1) is 6.92 Å². The van der Waals surface area contributed by atoms with Crippen molar-refractivity contribution in [2.45, 2.75) is 6.92 Å². The first-order valence-electron chi connectivity index (χ1n) is 16.6. The van der Waals surface area contributed by atoms with Crippen molar-refractivity contribution in [1.82, 2.24) is 0 Å². The van der Waals surface area contributed by atoms with E-state index >= 15 is 0 Å². The van der Waals surface area contributed by atoms with Gasteiger partial charge >= 0.3 is 0 Å². The predicted octanol–water partition coefficient (Wildman–Crippen LogP) is 13.3. The highest BCUT2D eigenvalue weighted by Gasteiger charge is 2.17. The highest BCUT2D eigenvalue weighted by atomic mass is 16.3. The monoisotopic (exact) mass is 630 g/mol. The van der Waals surface area contributed by atoms with Crippen molar-refractivity contribution in [3.8, 4) is 0 Å². The molecular formula is C45H30N2O2. The Kier molecular flexibility index (Phi) is 6.06. The third-order valence-corrected chi connectivity index (χ3v) is 9.65. The van der Waals surface area contributed by atoms with Crippen molar-refractivity contribution in [3.05, 3.63) is 163 Å². The van der Waals surface area contributed by atoms with Crippen LogP contribution in [0.4, 0.5) is 28.4 Å². The summed E-state index contributed by atoms with van der Waals surface area (Å²) in [5.41, 5.74) is 10.1. The van der Waals surface area contributed by atoms with Gasteiger partial charge in [0, 0.05) is 50.0 Å². The summed E-state index contributed by atoms with van der Waals surface area (Å²) in [6.45, 7) is 2.16. The van der Waals surface area contributed by atoms with Crippen molar-refractivity contribution in [1.29, 1.82) is 0 Å². The molecule has 0 spiro atoms. The zero-order valence-corrected chi connectivity index (χ0v) is 26.8. The molecule has 4 heteroatoms. The summed E-state index contributed by atoms with van der Waals surface area (Å²) in [6.07, 6.45) is 0. The maximum absolute atomic E-state index is 6.57. The first kappa shape index (κ1) is 27.6. The number of nitrogens with one attached hydrogen (secondary N) is 1. The van der Waals surface area contributed by atoms with Gasteiger partial charge in [0.1, 0.15) is 22.3 Å². The molecule has 0 aliphatic rings. The van der Waals surface area contributed by atoms with Gasteiger partial charge in [-0.2, -0.15) is 0 Å². The summed E-state index contributed by atoms with van der Waals surface area (Å²) in [5, 5.41) is 12.3. The lowest BCUT2D eigenvalue weighted by molar-refractivity contribution is 0.664. The molecule has 232 valence electrons. The summed E-state index contributed by atoms with van der Waals surface area (Å²) < 4.78 is 13.1. The highest BCUT2D eigenvalue weighted by Crippen LogP contribution is 2.41. The van der Waals surface area contributed by atoms with Crippen molar-refractivity contribution in [3.63, 3.8) is 0 Å². The molecule has 0 atom stereocenters.